The van der Waals surface area contributed by atoms with Crippen molar-refractivity contribution in [2.45, 2.75) is 6.61 Å². The molecule has 0 saturated heterocycles. The molecule has 1 aromatic heterocycles. The van der Waals surface area contributed by atoms with Crippen molar-refractivity contribution in [3.8, 4) is 5.75 Å². The summed E-state index contributed by atoms with van der Waals surface area (Å²) in [5.41, 5.74) is 0.0512. The molecule has 1 aromatic carbocycles. The summed E-state index contributed by atoms with van der Waals surface area (Å²) in [5.74, 6) is -0.410. The molecule has 5 nitrogen and oxygen atoms in total. The molecule has 92 valence electrons. The molecule has 0 spiro atoms. The lowest BCUT2D eigenvalue weighted by molar-refractivity contribution is 0.0691. The second-order valence-corrected chi connectivity index (χ2v) is 3.84. The van der Waals surface area contributed by atoms with Gasteiger partial charge in [-0.2, -0.15) is 0 Å². The first-order chi connectivity index (χ1) is 8.66. The predicted molar refractivity (Wildman–Crippen MR) is 64.8 cm³/mol. The van der Waals surface area contributed by atoms with E-state index in [0.717, 1.165) is 0 Å². The van der Waals surface area contributed by atoms with Gasteiger partial charge in [0.1, 0.15) is 17.9 Å². The molecule has 0 fully saturated rings. The van der Waals surface area contributed by atoms with Crippen molar-refractivity contribution in [1.29, 1.82) is 0 Å². The molecule has 18 heavy (non-hydrogen) atoms. The zero-order valence-corrected chi connectivity index (χ0v) is 9.96. The Balaban J connectivity index is 2.18. The zero-order valence-electron chi connectivity index (χ0n) is 9.21. The molecule has 0 bridgehead atoms. The van der Waals surface area contributed by atoms with Crippen LogP contribution in [-0.2, 0) is 6.61 Å². The highest BCUT2D eigenvalue weighted by atomic mass is 35.5. The molecule has 0 aliphatic heterocycles. The van der Waals surface area contributed by atoms with E-state index in [-0.39, 0.29) is 17.9 Å². The maximum atomic E-state index is 11.0. The number of benzene rings is 1. The SMILES string of the molecule is O=C(O)c1ccc(Cl)cc1OCc1ncccn1. The third-order valence-corrected chi connectivity index (χ3v) is 2.39. The van der Waals surface area contributed by atoms with Gasteiger partial charge in [0.2, 0.25) is 0 Å². The van der Waals surface area contributed by atoms with E-state index < -0.39 is 5.97 Å². The van der Waals surface area contributed by atoms with E-state index >= 15 is 0 Å². The maximum Gasteiger partial charge on any atom is 0.339 e. The van der Waals surface area contributed by atoms with Gasteiger partial charge >= 0.3 is 5.97 Å². The van der Waals surface area contributed by atoms with Crippen LogP contribution in [0.3, 0.4) is 0 Å². The summed E-state index contributed by atoms with van der Waals surface area (Å²) in [5, 5.41) is 9.41. The number of hydrogen-bond acceptors (Lipinski definition) is 4. The van der Waals surface area contributed by atoms with Crippen molar-refractivity contribution in [2.24, 2.45) is 0 Å². The van der Waals surface area contributed by atoms with Gasteiger partial charge in [0.25, 0.3) is 0 Å². The van der Waals surface area contributed by atoms with Crippen LogP contribution in [0, 0.1) is 0 Å². The number of rotatable bonds is 4. The Labute approximate surface area is 108 Å². The number of carboxylic acids is 1. The molecule has 2 rings (SSSR count). The van der Waals surface area contributed by atoms with Crippen molar-refractivity contribution < 1.29 is 14.6 Å². The lowest BCUT2D eigenvalue weighted by Crippen LogP contribution is -2.05. The van der Waals surface area contributed by atoms with Crippen LogP contribution in [0.2, 0.25) is 5.02 Å². The van der Waals surface area contributed by atoms with Gasteiger partial charge in [-0.3, -0.25) is 0 Å². The number of carboxylic acid groups (broad SMARTS) is 1. The second kappa shape index (κ2) is 5.46. The van der Waals surface area contributed by atoms with E-state index in [4.69, 9.17) is 21.4 Å². The van der Waals surface area contributed by atoms with Gasteiger partial charge in [-0.15, -0.1) is 0 Å². The highest BCUT2D eigenvalue weighted by molar-refractivity contribution is 6.30. The third-order valence-electron chi connectivity index (χ3n) is 2.15. The third kappa shape index (κ3) is 2.95. The lowest BCUT2D eigenvalue weighted by Gasteiger charge is -2.08. The van der Waals surface area contributed by atoms with Crippen LogP contribution in [0.1, 0.15) is 16.2 Å². The number of ether oxygens (including phenoxy) is 1. The van der Waals surface area contributed by atoms with Crippen molar-refractivity contribution in [3.05, 3.63) is 53.1 Å². The minimum atomic E-state index is -1.07. The topological polar surface area (TPSA) is 72.3 Å². The molecule has 0 amide bonds. The Bertz CT molecular complexity index is 561. The Kier molecular flexibility index (Phi) is 3.74. The molecule has 0 aliphatic rings. The first-order valence-corrected chi connectivity index (χ1v) is 5.46. The van der Waals surface area contributed by atoms with E-state index in [1.807, 2.05) is 0 Å². The predicted octanol–water partition coefficient (Wildman–Crippen LogP) is 2.41. The quantitative estimate of drug-likeness (QED) is 0.918. The first-order valence-electron chi connectivity index (χ1n) is 5.08. The standard InChI is InChI=1S/C12H9ClN2O3/c13-8-2-3-9(12(16)17)10(6-8)18-7-11-14-4-1-5-15-11/h1-6H,7H2,(H,16,17). The second-order valence-electron chi connectivity index (χ2n) is 3.40. The smallest absolute Gasteiger partial charge is 0.339 e. The van der Waals surface area contributed by atoms with Crippen LogP contribution in [0.4, 0.5) is 0 Å². The van der Waals surface area contributed by atoms with Gasteiger partial charge in [-0.1, -0.05) is 11.6 Å². The average Bonchev–Trinajstić information content (AvgIpc) is 2.37. The minimum absolute atomic E-state index is 0.0512. The molecule has 0 radical (unpaired) electrons. The van der Waals surface area contributed by atoms with Gasteiger partial charge in [0, 0.05) is 17.4 Å². The van der Waals surface area contributed by atoms with E-state index in [1.165, 1.54) is 18.2 Å². The summed E-state index contributed by atoms with van der Waals surface area (Å²) >= 11 is 5.80. The number of halogens is 1. The van der Waals surface area contributed by atoms with Crippen LogP contribution in [0.25, 0.3) is 0 Å². The number of hydrogen-bond donors (Lipinski definition) is 1. The molecule has 0 atom stereocenters. The number of carbonyl (C=O) groups is 1. The van der Waals surface area contributed by atoms with Crippen LogP contribution in [0.15, 0.2) is 36.7 Å². The van der Waals surface area contributed by atoms with E-state index in [1.54, 1.807) is 18.5 Å². The summed E-state index contributed by atoms with van der Waals surface area (Å²) in [4.78, 5) is 18.9. The molecule has 1 heterocycles. The highest BCUT2D eigenvalue weighted by Gasteiger charge is 2.12. The fourth-order valence-corrected chi connectivity index (χ4v) is 1.50. The molecular formula is C12H9ClN2O3. The molecule has 1 N–H and O–H groups in total. The van der Waals surface area contributed by atoms with Crippen LogP contribution in [-0.4, -0.2) is 21.0 Å². The van der Waals surface area contributed by atoms with Crippen molar-refractivity contribution in [1.82, 2.24) is 9.97 Å². The van der Waals surface area contributed by atoms with Gasteiger partial charge in [0.15, 0.2) is 5.82 Å². The monoisotopic (exact) mass is 264 g/mol. The molecule has 0 aliphatic carbocycles. The number of nitrogens with zero attached hydrogens (tertiary/aromatic N) is 2. The summed E-state index contributed by atoms with van der Waals surface area (Å²) in [6.45, 7) is 0.0848. The molecule has 6 heteroatoms. The van der Waals surface area contributed by atoms with Crippen molar-refractivity contribution >= 4 is 17.6 Å². The molecular weight excluding hydrogens is 256 g/mol. The Hall–Kier alpha value is -2.14. The van der Waals surface area contributed by atoms with Gasteiger partial charge in [0.05, 0.1) is 0 Å². The Morgan fingerprint density at radius 1 is 1.33 bits per heavy atom. The largest absolute Gasteiger partial charge is 0.485 e. The van der Waals surface area contributed by atoms with Crippen LogP contribution >= 0.6 is 11.6 Å². The Morgan fingerprint density at radius 2 is 2.06 bits per heavy atom. The summed E-state index contributed by atoms with van der Waals surface area (Å²) in [6, 6.07) is 6.03. The summed E-state index contributed by atoms with van der Waals surface area (Å²) < 4.78 is 5.38. The average molecular weight is 265 g/mol. The maximum absolute atomic E-state index is 11.0. The van der Waals surface area contributed by atoms with Gasteiger partial charge in [-0.25, -0.2) is 14.8 Å². The van der Waals surface area contributed by atoms with E-state index in [9.17, 15) is 4.79 Å². The van der Waals surface area contributed by atoms with Crippen molar-refractivity contribution in [3.63, 3.8) is 0 Å². The van der Waals surface area contributed by atoms with E-state index in [0.29, 0.717) is 10.8 Å². The van der Waals surface area contributed by atoms with Crippen LogP contribution < -0.4 is 4.74 Å². The molecule has 0 unspecified atom stereocenters. The Morgan fingerprint density at radius 3 is 2.72 bits per heavy atom. The van der Waals surface area contributed by atoms with Crippen molar-refractivity contribution in [2.75, 3.05) is 0 Å². The summed E-state index contributed by atoms with van der Waals surface area (Å²) in [7, 11) is 0. The van der Waals surface area contributed by atoms with Gasteiger partial charge < -0.3 is 9.84 Å². The highest BCUT2D eigenvalue weighted by Crippen LogP contribution is 2.24. The fourth-order valence-electron chi connectivity index (χ4n) is 1.34. The normalized spacial score (nSPS) is 10.1. The van der Waals surface area contributed by atoms with Crippen LogP contribution in [0.5, 0.6) is 5.75 Å². The molecule has 2 aromatic rings. The molecule has 0 saturated carbocycles. The minimum Gasteiger partial charge on any atom is -0.485 e. The zero-order chi connectivity index (χ0) is 13.0. The number of aromatic nitrogens is 2. The first kappa shape index (κ1) is 12.3. The van der Waals surface area contributed by atoms with Gasteiger partial charge in [-0.05, 0) is 24.3 Å². The van der Waals surface area contributed by atoms with E-state index in [2.05, 4.69) is 9.97 Å². The summed E-state index contributed by atoms with van der Waals surface area (Å²) in [6.07, 6.45) is 3.17. The number of aromatic carboxylic acids is 1. The lowest BCUT2D eigenvalue weighted by atomic mass is 10.2. The fraction of sp³-hybridized carbons (Fsp3) is 0.0833.